The standard InChI is InChI=1S/C21H15ClFN3O/c1-27-17-10-11-18-19(12-17)25-21(13-2-6-15(22)7-3-13)26-20(24-18)14-4-8-16(23)9-5-14/h2-12H,1H3,(H,24,25,26). The van der Waals surface area contributed by atoms with Gasteiger partial charge in [0.1, 0.15) is 17.4 Å². The quantitative estimate of drug-likeness (QED) is 0.658. The SMILES string of the molecule is COc1ccc2c(c1)NC(c1ccc(Cl)cc1)=NC(c1ccc(F)cc1)=N2. The maximum Gasteiger partial charge on any atom is 0.162 e. The molecule has 0 bridgehead atoms. The lowest BCUT2D eigenvalue weighted by molar-refractivity contribution is 0.415. The molecule has 1 aliphatic heterocycles. The number of ether oxygens (including phenoxy) is 1. The highest BCUT2D eigenvalue weighted by atomic mass is 35.5. The smallest absolute Gasteiger partial charge is 0.162 e. The van der Waals surface area contributed by atoms with Crippen LogP contribution in [0.2, 0.25) is 5.02 Å². The van der Waals surface area contributed by atoms with E-state index in [0.29, 0.717) is 33.7 Å². The van der Waals surface area contributed by atoms with Crippen molar-refractivity contribution in [3.8, 4) is 5.75 Å². The van der Waals surface area contributed by atoms with Crippen LogP contribution in [-0.2, 0) is 0 Å². The highest BCUT2D eigenvalue weighted by molar-refractivity contribution is 6.30. The number of nitrogens with one attached hydrogen (secondary N) is 1. The maximum absolute atomic E-state index is 13.3. The number of hydrogen-bond donors (Lipinski definition) is 1. The lowest BCUT2D eigenvalue weighted by atomic mass is 10.2. The van der Waals surface area contributed by atoms with E-state index in [9.17, 15) is 4.39 Å². The Bertz CT molecular complexity index is 1040. The normalized spacial score (nSPS) is 13.0. The Kier molecular flexibility index (Phi) is 4.60. The summed E-state index contributed by atoms with van der Waals surface area (Å²) in [6, 6.07) is 19.0. The molecule has 4 rings (SSSR count). The zero-order valence-corrected chi connectivity index (χ0v) is 15.2. The average Bonchev–Trinajstić information content (AvgIpc) is 2.88. The van der Waals surface area contributed by atoms with Gasteiger partial charge in [0.2, 0.25) is 0 Å². The molecule has 27 heavy (non-hydrogen) atoms. The number of anilines is 1. The van der Waals surface area contributed by atoms with E-state index in [0.717, 1.165) is 11.3 Å². The van der Waals surface area contributed by atoms with Crippen molar-refractivity contribution in [2.45, 2.75) is 0 Å². The van der Waals surface area contributed by atoms with Crippen LogP contribution in [0.3, 0.4) is 0 Å². The maximum atomic E-state index is 13.3. The van der Waals surface area contributed by atoms with Gasteiger partial charge < -0.3 is 10.1 Å². The van der Waals surface area contributed by atoms with Crippen LogP contribution in [0.15, 0.2) is 76.7 Å². The molecule has 0 amide bonds. The molecular formula is C21H15ClFN3O. The summed E-state index contributed by atoms with van der Waals surface area (Å²) in [4.78, 5) is 9.37. The summed E-state index contributed by atoms with van der Waals surface area (Å²) in [6.45, 7) is 0. The Hall–Kier alpha value is -3.18. The average molecular weight is 380 g/mol. The van der Waals surface area contributed by atoms with Crippen molar-refractivity contribution in [3.05, 3.63) is 88.7 Å². The number of nitrogens with zero attached hydrogens (tertiary/aromatic N) is 2. The number of methoxy groups -OCH3 is 1. The van der Waals surface area contributed by atoms with Gasteiger partial charge in [0.05, 0.1) is 18.5 Å². The highest BCUT2D eigenvalue weighted by Gasteiger charge is 2.16. The van der Waals surface area contributed by atoms with Crippen molar-refractivity contribution in [2.24, 2.45) is 9.98 Å². The second kappa shape index (κ2) is 7.21. The molecule has 0 radical (unpaired) electrons. The molecule has 0 unspecified atom stereocenters. The van der Waals surface area contributed by atoms with Gasteiger partial charge in [-0.15, -0.1) is 0 Å². The molecule has 1 N–H and O–H groups in total. The Balaban J connectivity index is 1.87. The molecule has 0 fully saturated rings. The number of rotatable bonds is 3. The van der Waals surface area contributed by atoms with E-state index >= 15 is 0 Å². The van der Waals surface area contributed by atoms with E-state index in [1.807, 2.05) is 30.3 Å². The molecule has 0 spiro atoms. The molecule has 0 aromatic heterocycles. The molecule has 3 aromatic rings. The van der Waals surface area contributed by atoms with Crippen LogP contribution in [0.1, 0.15) is 11.1 Å². The predicted molar refractivity (Wildman–Crippen MR) is 107 cm³/mol. The first-order valence-electron chi connectivity index (χ1n) is 8.27. The van der Waals surface area contributed by atoms with Gasteiger partial charge in [-0.1, -0.05) is 11.6 Å². The minimum Gasteiger partial charge on any atom is -0.497 e. The first-order valence-corrected chi connectivity index (χ1v) is 8.64. The second-order valence-corrected chi connectivity index (χ2v) is 6.35. The number of amidine groups is 2. The molecule has 3 aromatic carbocycles. The lowest BCUT2D eigenvalue weighted by Crippen LogP contribution is -2.15. The van der Waals surface area contributed by atoms with Gasteiger partial charge in [-0.05, 0) is 60.7 Å². The Labute approximate surface area is 161 Å². The molecule has 0 aliphatic carbocycles. The molecule has 0 saturated carbocycles. The molecule has 6 heteroatoms. The van der Waals surface area contributed by atoms with Crippen LogP contribution in [-0.4, -0.2) is 18.8 Å². The summed E-state index contributed by atoms with van der Waals surface area (Å²) in [7, 11) is 1.61. The third-order valence-corrected chi connectivity index (χ3v) is 4.37. The van der Waals surface area contributed by atoms with Crippen LogP contribution in [0.4, 0.5) is 15.8 Å². The largest absolute Gasteiger partial charge is 0.497 e. The fourth-order valence-corrected chi connectivity index (χ4v) is 2.84. The van der Waals surface area contributed by atoms with Crippen molar-refractivity contribution in [1.82, 2.24) is 0 Å². The van der Waals surface area contributed by atoms with Crippen molar-refractivity contribution in [1.29, 1.82) is 0 Å². The fourth-order valence-electron chi connectivity index (χ4n) is 2.71. The van der Waals surface area contributed by atoms with Gasteiger partial charge >= 0.3 is 0 Å². The summed E-state index contributed by atoms with van der Waals surface area (Å²) >= 11 is 6.01. The molecular weight excluding hydrogens is 365 g/mol. The minimum absolute atomic E-state index is 0.307. The molecule has 134 valence electrons. The Morgan fingerprint density at radius 2 is 1.59 bits per heavy atom. The Morgan fingerprint density at radius 1 is 0.889 bits per heavy atom. The second-order valence-electron chi connectivity index (χ2n) is 5.92. The topological polar surface area (TPSA) is 46.0 Å². The zero-order valence-electron chi connectivity index (χ0n) is 14.4. The van der Waals surface area contributed by atoms with E-state index in [-0.39, 0.29) is 5.82 Å². The van der Waals surface area contributed by atoms with Gasteiger partial charge in [0.15, 0.2) is 5.84 Å². The van der Waals surface area contributed by atoms with Crippen molar-refractivity contribution < 1.29 is 9.13 Å². The van der Waals surface area contributed by atoms with Crippen molar-refractivity contribution in [2.75, 3.05) is 12.4 Å². The van der Waals surface area contributed by atoms with E-state index < -0.39 is 0 Å². The molecule has 1 heterocycles. The Morgan fingerprint density at radius 3 is 2.30 bits per heavy atom. The minimum atomic E-state index is -0.307. The van der Waals surface area contributed by atoms with Crippen molar-refractivity contribution >= 4 is 34.6 Å². The predicted octanol–water partition coefficient (Wildman–Crippen LogP) is 5.44. The summed E-state index contributed by atoms with van der Waals surface area (Å²) < 4.78 is 18.6. The highest BCUT2D eigenvalue weighted by Crippen LogP contribution is 2.32. The third-order valence-electron chi connectivity index (χ3n) is 4.12. The summed E-state index contributed by atoms with van der Waals surface area (Å²) in [6.07, 6.45) is 0. The van der Waals surface area contributed by atoms with Gasteiger partial charge in [-0.3, -0.25) is 0 Å². The van der Waals surface area contributed by atoms with E-state index in [1.54, 1.807) is 31.4 Å². The van der Waals surface area contributed by atoms with Gasteiger partial charge in [-0.2, -0.15) is 0 Å². The van der Waals surface area contributed by atoms with Gasteiger partial charge in [-0.25, -0.2) is 14.4 Å². The first kappa shape index (κ1) is 17.2. The molecule has 4 nitrogen and oxygen atoms in total. The van der Waals surface area contributed by atoms with Crippen LogP contribution in [0.5, 0.6) is 5.75 Å². The number of benzene rings is 3. The van der Waals surface area contributed by atoms with Gasteiger partial charge in [0.25, 0.3) is 0 Å². The number of hydrogen-bond acceptors (Lipinski definition) is 4. The van der Waals surface area contributed by atoms with Crippen LogP contribution >= 0.6 is 11.6 Å². The number of fused-ring (bicyclic) bond motifs is 1. The zero-order chi connectivity index (χ0) is 18.8. The van der Waals surface area contributed by atoms with Crippen LogP contribution < -0.4 is 10.1 Å². The summed E-state index contributed by atoms with van der Waals surface area (Å²) in [5.74, 6) is 1.49. The fraction of sp³-hybridized carbons (Fsp3) is 0.0476. The van der Waals surface area contributed by atoms with E-state index in [4.69, 9.17) is 21.3 Å². The number of aliphatic imine (C=N–C) groups is 2. The first-order chi connectivity index (χ1) is 13.1. The van der Waals surface area contributed by atoms with Crippen molar-refractivity contribution in [3.63, 3.8) is 0 Å². The molecule has 0 saturated heterocycles. The van der Waals surface area contributed by atoms with Crippen LogP contribution in [0.25, 0.3) is 0 Å². The van der Waals surface area contributed by atoms with Gasteiger partial charge in [0, 0.05) is 22.2 Å². The number of halogens is 2. The van der Waals surface area contributed by atoms with E-state index in [2.05, 4.69) is 10.3 Å². The van der Waals surface area contributed by atoms with E-state index in [1.165, 1.54) is 12.1 Å². The van der Waals surface area contributed by atoms with Crippen LogP contribution in [0, 0.1) is 5.82 Å². The summed E-state index contributed by atoms with van der Waals surface area (Å²) in [5, 5.41) is 3.96. The lowest BCUT2D eigenvalue weighted by Gasteiger charge is -2.11. The summed E-state index contributed by atoms with van der Waals surface area (Å²) in [5.41, 5.74) is 3.04. The monoisotopic (exact) mass is 379 g/mol. The molecule has 1 aliphatic rings. The third kappa shape index (κ3) is 3.68. The molecule has 0 atom stereocenters.